The molecule has 1 rings (SSSR count). The number of nitrogens with one attached hydrogen (secondary N) is 1. The van der Waals surface area contributed by atoms with E-state index in [0.717, 1.165) is 0 Å². The Bertz CT molecular complexity index is 601. The molecule has 0 saturated carbocycles. The smallest absolute Gasteiger partial charge is 0.241 e. The third-order valence-corrected chi connectivity index (χ3v) is 4.47. The first-order valence-electron chi connectivity index (χ1n) is 5.54. The minimum atomic E-state index is -3.88. The van der Waals surface area contributed by atoms with Crippen molar-refractivity contribution < 1.29 is 18.6 Å². The van der Waals surface area contributed by atoms with Gasteiger partial charge in [0.15, 0.2) is 0 Å². The van der Waals surface area contributed by atoms with Crippen molar-refractivity contribution in [3.8, 4) is 6.07 Å². The highest BCUT2D eigenvalue weighted by molar-refractivity contribution is 7.89. The molecule has 3 N–H and O–H groups in total. The van der Waals surface area contributed by atoms with Crippen LogP contribution >= 0.6 is 0 Å². The molecule has 0 aromatic heterocycles. The summed E-state index contributed by atoms with van der Waals surface area (Å²) in [6.45, 7) is 1.91. The van der Waals surface area contributed by atoms with Crippen LogP contribution in [0.3, 0.4) is 0 Å². The van der Waals surface area contributed by atoms with Gasteiger partial charge in [0.25, 0.3) is 0 Å². The molecular weight excluding hydrogens is 268 g/mol. The summed E-state index contributed by atoms with van der Waals surface area (Å²) < 4.78 is 26.6. The van der Waals surface area contributed by atoms with Gasteiger partial charge in [-0.15, -0.1) is 0 Å². The van der Waals surface area contributed by atoms with E-state index < -0.39 is 28.8 Å². The first-order chi connectivity index (χ1) is 8.78. The van der Waals surface area contributed by atoms with E-state index in [1.807, 2.05) is 6.07 Å². The van der Waals surface area contributed by atoms with Gasteiger partial charge in [-0.25, -0.2) is 13.1 Å². The molecular formula is C12H16N2O4S. The molecule has 7 heteroatoms. The van der Waals surface area contributed by atoms with Gasteiger partial charge in [-0.1, -0.05) is 0 Å². The summed E-state index contributed by atoms with van der Waals surface area (Å²) >= 11 is 0. The number of aryl methyl sites for hydroxylation is 1. The molecule has 0 spiro atoms. The minimum absolute atomic E-state index is 0.0135. The van der Waals surface area contributed by atoms with Crippen molar-refractivity contribution in [1.82, 2.24) is 4.72 Å². The Morgan fingerprint density at radius 1 is 1.37 bits per heavy atom. The highest BCUT2D eigenvalue weighted by atomic mass is 32.2. The molecule has 19 heavy (non-hydrogen) atoms. The Labute approximate surface area is 112 Å². The van der Waals surface area contributed by atoms with Crippen LogP contribution < -0.4 is 4.72 Å². The molecule has 0 unspecified atom stereocenters. The maximum atomic E-state index is 12.2. The van der Waals surface area contributed by atoms with Crippen LogP contribution in [-0.4, -0.2) is 37.4 Å². The molecule has 0 radical (unpaired) electrons. The van der Waals surface area contributed by atoms with Crippen molar-refractivity contribution in [2.75, 3.05) is 13.2 Å². The summed E-state index contributed by atoms with van der Waals surface area (Å²) in [7, 11) is -3.88. The molecule has 0 aliphatic rings. The number of rotatable bonds is 5. The Kier molecular flexibility index (Phi) is 4.66. The van der Waals surface area contributed by atoms with E-state index in [9.17, 15) is 8.42 Å². The number of sulfonamides is 1. The monoisotopic (exact) mass is 284 g/mol. The molecule has 0 atom stereocenters. The van der Waals surface area contributed by atoms with Crippen molar-refractivity contribution in [3.05, 3.63) is 29.3 Å². The van der Waals surface area contributed by atoms with Crippen LogP contribution in [0.15, 0.2) is 23.1 Å². The van der Waals surface area contributed by atoms with Crippen molar-refractivity contribution in [2.45, 2.75) is 24.3 Å². The SMILES string of the molecule is Cc1cc(C#N)ccc1S(=O)(=O)NC(C)(CO)CO. The van der Waals surface area contributed by atoms with Crippen LogP contribution in [0.5, 0.6) is 0 Å². The van der Waals surface area contributed by atoms with Gasteiger partial charge in [-0.2, -0.15) is 5.26 Å². The van der Waals surface area contributed by atoms with Gasteiger partial charge in [0.2, 0.25) is 10.0 Å². The van der Waals surface area contributed by atoms with Crippen molar-refractivity contribution >= 4 is 10.0 Å². The molecule has 0 heterocycles. The predicted octanol–water partition coefficient (Wildman–Crippen LogP) is -0.112. The lowest BCUT2D eigenvalue weighted by molar-refractivity contribution is 0.121. The fourth-order valence-corrected chi connectivity index (χ4v) is 3.13. The molecule has 0 saturated heterocycles. The molecule has 0 amide bonds. The van der Waals surface area contributed by atoms with E-state index in [1.165, 1.54) is 25.1 Å². The number of nitrogens with zero attached hydrogens (tertiary/aromatic N) is 1. The number of hydrogen-bond donors (Lipinski definition) is 3. The maximum Gasteiger partial charge on any atom is 0.241 e. The largest absolute Gasteiger partial charge is 0.394 e. The predicted molar refractivity (Wildman–Crippen MR) is 68.8 cm³/mol. The Balaban J connectivity index is 3.19. The van der Waals surface area contributed by atoms with Crippen LogP contribution in [0.1, 0.15) is 18.1 Å². The Morgan fingerprint density at radius 3 is 2.37 bits per heavy atom. The number of nitriles is 1. The van der Waals surface area contributed by atoms with Gasteiger partial charge < -0.3 is 10.2 Å². The van der Waals surface area contributed by atoms with Crippen molar-refractivity contribution in [2.24, 2.45) is 0 Å². The van der Waals surface area contributed by atoms with Crippen LogP contribution in [0.2, 0.25) is 0 Å². The maximum absolute atomic E-state index is 12.2. The van der Waals surface area contributed by atoms with Crippen LogP contribution in [0.25, 0.3) is 0 Å². The zero-order valence-electron chi connectivity index (χ0n) is 10.7. The van der Waals surface area contributed by atoms with E-state index in [2.05, 4.69) is 4.72 Å². The topological polar surface area (TPSA) is 110 Å². The Hall–Kier alpha value is -1.46. The molecule has 1 aromatic carbocycles. The fourth-order valence-electron chi connectivity index (χ4n) is 1.51. The van der Waals surface area contributed by atoms with Gasteiger partial charge in [0, 0.05) is 0 Å². The van der Waals surface area contributed by atoms with E-state index in [-0.39, 0.29) is 4.90 Å². The van der Waals surface area contributed by atoms with Gasteiger partial charge in [0.05, 0.1) is 35.3 Å². The fraction of sp³-hybridized carbons (Fsp3) is 0.417. The number of benzene rings is 1. The van der Waals surface area contributed by atoms with Gasteiger partial charge in [0.1, 0.15) is 0 Å². The van der Waals surface area contributed by atoms with Crippen LogP contribution in [0.4, 0.5) is 0 Å². The summed E-state index contributed by atoms with van der Waals surface area (Å²) in [5.74, 6) is 0. The van der Waals surface area contributed by atoms with E-state index >= 15 is 0 Å². The second-order valence-corrected chi connectivity index (χ2v) is 6.23. The third kappa shape index (κ3) is 3.52. The van der Waals surface area contributed by atoms with E-state index in [0.29, 0.717) is 11.1 Å². The number of aliphatic hydroxyl groups excluding tert-OH is 2. The summed E-state index contributed by atoms with van der Waals surface area (Å²) in [6, 6.07) is 6.11. The molecule has 1 aromatic rings. The number of aliphatic hydroxyl groups is 2. The summed E-state index contributed by atoms with van der Waals surface area (Å²) in [6.07, 6.45) is 0. The lowest BCUT2D eigenvalue weighted by atomic mass is 10.1. The quantitative estimate of drug-likeness (QED) is 0.698. The average Bonchev–Trinajstić information content (AvgIpc) is 2.37. The molecule has 0 aliphatic carbocycles. The van der Waals surface area contributed by atoms with Crippen molar-refractivity contribution in [3.63, 3.8) is 0 Å². The van der Waals surface area contributed by atoms with E-state index in [1.54, 1.807) is 6.92 Å². The lowest BCUT2D eigenvalue weighted by Crippen LogP contribution is -2.51. The lowest BCUT2D eigenvalue weighted by Gasteiger charge is -2.26. The first kappa shape index (κ1) is 15.6. The average molecular weight is 284 g/mol. The first-order valence-corrected chi connectivity index (χ1v) is 7.03. The standard InChI is InChI=1S/C12H16N2O4S/c1-9-5-10(6-13)3-4-11(9)19(17,18)14-12(2,7-15)8-16/h3-5,14-16H,7-8H2,1-2H3. The second-order valence-electron chi connectivity index (χ2n) is 4.57. The van der Waals surface area contributed by atoms with Crippen LogP contribution in [0, 0.1) is 18.3 Å². The minimum Gasteiger partial charge on any atom is -0.394 e. The second kappa shape index (κ2) is 5.67. The van der Waals surface area contributed by atoms with Gasteiger partial charge in [-0.3, -0.25) is 0 Å². The van der Waals surface area contributed by atoms with Crippen LogP contribution in [-0.2, 0) is 10.0 Å². The molecule has 6 nitrogen and oxygen atoms in total. The van der Waals surface area contributed by atoms with E-state index in [4.69, 9.17) is 15.5 Å². The zero-order chi connectivity index (χ0) is 14.7. The third-order valence-electron chi connectivity index (χ3n) is 2.67. The van der Waals surface area contributed by atoms with Gasteiger partial charge >= 0.3 is 0 Å². The summed E-state index contributed by atoms with van der Waals surface area (Å²) in [5, 5.41) is 27.0. The normalized spacial score (nSPS) is 12.2. The molecule has 0 aliphatic heterocycles. The highest BCUT2D eigenvalue weighted by Gasteiger charge is 2.30. The number of hydrogen-bond acceptors (Lipinski definition) is 5. The summed E-state index contributed by atoms with van der Waals surface area (Å²) in [5.41, 5.74) is -0.549. The van der Waals surface area contributed by atoms with Gasteiger partial charge in [-0.05, 0) is 37.6 Å². The molecule has 104 valence electrons. The molecule has 0 bridgehead atoms. The summed E-state index contributed by atoms with van der Waals surface area (Å²) in [4.78, 5) is 0.0135. The highest BCUT2D eigenvalue weighted by Crippen LogP contribution is 2.18. The van der Waals surface area contributed by atoms with Crippen molar-refractivity contribution in [1.29, 1.82) is 5.26 Å². The zero-order valence-corrected chi connectivity index (χ0v) is 11.5. The Morgan fingerprint density at radius 2 is 1.95 bits per heavy atom. The molecule has 0 fully saturated rings.